The number of anilines is 2. The lowest BCUT2D eigenvalue weighted by Crippen LogP contribution is -2.32. The van der Waals surface area contributed by atoms with Crippen LogP contribution in [0.5, 0.6) is 11.5 Å². The lowest BCUT2D eigenvalue weighted by Gasteiger charge is -2.27. The van der Waals surface area contributed by atoms with E-state index in [0.29, 0.717) is 30.0 Å². The average molecular weight is 380 g/mol. The van der Waals surface area contributed by atoms with Gasteiger partial charge >= 0.3 is 0 Å². The molecule has 1 saturated carbocycles. The van der Waals surface area contributed by atoms with E-state index in [4.69, 9.17) is 9.47 Å². The first kappa shape index (κ1) is 18.3. The zero-order valence-corrected chi connectivity index (χ0v) is 15.9. The molecule has 0 spiro atoms. The Bertz CT molecular complexity index is 888. The minimum atomic E-state index is -0.0760. The number of aryl methyl sites for hydroxylation is 1. The first-order chi connectivity index (χ1) is 13.6. The van der Waals surface area contributed by atoms with Crippen LogP contribution in [0.3, 0.4) is 0 Å². The van der Waals surface area contributed by atoms with E-state index in [1.165, 1.54) is 0 Å². The van der Waals surface area contributed by atoms with Crippen molar-refractivity contribution in [1.29, 1.82) is 0 Å². The highest BCUT2D eigenvalue weighted by atomic mass is 16.7. The van der Waals surface area contributed by atoms with Gasteiger partial charge in [-0.2, -0.15) is 0 Å². The van der Waals surface area contributed by atoms with Gasteiger partial charge in [-0.1, -0.05) is 18.2 Å². The molecule has 28 heavy (non-hydrogen) atoms. The van der Waals surface area contributed by atoms with Gasteiger partial charge in [0.15, 0.2) is 11.5 Å². The monoisotopic (exact) mass is 380 g/mol. The molecule has 1 aliphatic heterocycles. The molecule has 0 atom stereocenters. The summed E-state index contributed by atoms with van der Waals surface area (Å²) in [6, 6.07) is 13.2. The molecule has 1 heterocycles. The fraction of sp³-hybridized carbons (Fsp3) is 0.364. The van der Waals surface area contributed by atoms with Crippen LogP contribution in [-0.2, 0) is 9.59 Å². The fourth-order valence-corrected chi connectivity index (χ4v) is 3.78. The number of carbonyl (C=O) groups is 2. The van der Waals surface area contributed by atoms with Gasteiger partial charge in [-0.15, -0.1) is 0 Å². The van der Waals surface area contributed by atoms with Crippen LogP contribution in [-0.4, -0.2) is 18.6 Å². The Kier molecular flexibility index (Phi) is 5.19. The molecule has 0 bridgehead atoms. The van der Waals surface area contributed by atoms with E-state index in [1.54, 1.807) is 12.1 Å². The minimum Gasteiger partial charge on any atom is -0.454 e. The highest BCUT2D eigenvalue weighted by Crippen LogP contribution is 2.35. The molecule has 1 aliphatic carbocycles. The standard InChI is InChI=1S/C22H24N2O4/c1-14-4-2-3-5-18(14)24-22(26)16-8-6-15(7-9-16)21(25)23-17-10-11-19-20(12-17)28-13-27-19/h2-5,10-12,15-16H,6-9,13H2,1H3,(H,23,25)(H,24,26). The lowest BCUT2D eigenvalue weighted by molar-refractivity contribution is -0.125. The number of rotatable bonds is 4. The number of ether oxygens (including phenoxy) is 2. The van der Waals surface area contributed by atoms with Gasteiger partial charge in [-0.05, 0) is 56.4 Å². The van der Waals surface area contributed by atoms with E-state index in [9.17, 15) is 9.59 Å². The summed E-state index contributed by atoms with van der Waals surface area (Å²) in [6.45, 7) is 2.19. The first-order valence-corrected chi connectivity index (χ1v) is 9.67. The van der Waals surface area contributed by atoms with Crippen molar-refractivity contribution >= 4 is 23.2 Å². The van der Waals surface area contributed by atoms with Crippen LogP contribution in [0.2, 0.25) is 0 Å². The molecule has 2 N–H and O–H groups in total. The predicted molar refractivity (Wildman–Crippen MR) is 106 cm³/mol. The van der Waals surface area contributed by atoms with E-state index in [-0.39, 0.29) is 30.4 Å². The Hall–Kier alpha value is -3.02. The van der Waals surface area contributed by atoms with Crippen LogP contribution in [0.4, 0.5) is 11.4 Å². The zero-order chi connectivity index (χ0) is 19.5. The summed E-state index contributed by atoms with van der Waals surface area (Å²) in [5.74, 6) is 1.26. The summed E-state index contributed by atoms with van der Waals surface area (Å²) in [5.41, 5.74) is 2.61. The third kappa shape index (κ3) is 3.96. The first-order valence-electron chi connectivity index (χ1n) is 9.67. The predicted octanol–water partition coefficient (Wildman–Crippen LogP) is 4.11. The second-order valence-corrected chi connectivity index (χ2v) is 7.41. The Morgan fingerprint density at radius 3 is 2.21 bits per heavy atom. The van der Waals surface area contributed by atoms with Crippen LogP contribution in [0.1, 0.15) is 31.2 Å². The van der Waals surface area contributed by atoms with Crippen molar-refractivity contribution in [1.82, 2.24) is 0 Å². The summed E-state index contributed by atoms with van der Waals surface area (Å²) < 4.78 is 10.6. The molecule has 6 heteroatoms. The van der Waals surface area contributed by atoms with E-state index in [0.717, 1.165) is 24.1 Å². The summed E-state index contributed by atoms with van der Waals surface area (Å²) in [4.78, 5) is 25.2. The number of carbonyl (C=O) groups excluding carboxylic acids is 2. The molecule has 2 aliphatic rings. The molecule has 0 unspecified atom stereocenters. The number of para-hydroxylation sites is 1. The molecular formula is C22H24N2O4. The van der Waals surface area contributed by atoms with Gasteiger partial charge in [0.2, 0.25) is 18.6 Å². The van der Waals surface area contributed by atoms with E-state index in [2.05, 4.69) is 10.6 Å². The number of fused-ring (bicyclic) bond motifs is 1. The van der Waals surface area contributed by atoms with Crippen molar-refractivity contribution in [3.05, 3.63) is 48.0 Å². The van der Waals surface area contributed by atoms with Crippen LogP contribution in [0.25, 0.3) is 0 Å². The van der Waals surface area contributed by atoms with Crippen LogP contribution < -0.4 is 20.1 Å². The topological polar surface area (TPSA) is 76.7 Å². The summed E-state index contributed by atoms with van der Waals surface area (Å²) in [5, 5.41) is 5.98. The highest BCUT2D eigenvalue weighted by Gasteiger charge is 2.30. The summed E-state index contributed by atoms with van der Waals surface area (Å²) in [6.07, 6.45) is 2.86. The number of hydrogen-bond acceptors (Lipinski definition) is 4. The lowest BCUT2D eigenvalue weighted by atomic mass is 9.81. The van der Waals surface area contributed by atoms with Crippen LogP contribution >= 0.6 is 0 Å². The molecule has 0 aromatic heterocycles. The van der Waals surface area contributed by atoms with Crippen LogP contribution in [0.15, 0.2) is 42.5 Å². The van der Waals surface area contributed by atoms with Crippen molar-refractivity contribution in [2.45, 2.75) is 32.6 Å². The second-order valence-electron chi connectivity index (χ2n) is 7.41. The zero-order valence-electron chi connectivity index (χ0n) is 15.9. The van der Waals surface area contributed by atoms with Gasteiger partial charge in [0, 0.05) is 29.3 Å². The third-order valence-corrected chi connectivity index (χ3v) is 5.51. The second kappa shape index (κ2) is 7.92. The van der Waals surface area contributed by atoms with Crippen molar-refractivity contribution in [3.63, 3.8) is 0 Å². The Morgan fingerprint density at radius 1 is 0.857 bits per heavy atom. The Morgan fingerprint density at radius 2 is 1.50 bits per heavy atom. The average Bonchev–Trinajstić information content (AvgIpc) is 3.17. The van der Waals surface area contributed by atoms with Crippen LogP contribution in [0, 0.1) is 18.8 Å². The summed E-state index contributed by atoms with van der Waals surface area (Å²) in [7, 11) is 0. The van der Waals surface area contributed by atoms with Crippen molar-refractivity contribution in [2.75, 3.05) is 17.4 Å². The fourth-order valence-electron chi connectivity index (χ4n) is 3.78. The van der Waals surface area contributed by atoms with Gasteiger partial charge in [0.05, 0.1) is 0 Å². The number of hydrogen-bond donors (Lipinski definition) is 2. The van der Waals surface area contributed by atoms with Gasteiger partial charge in [-0.3, -0.25) is 9.59 Å². The van der Waals surface area contributed by atoms with Crippen molar-refractivity contribution in [2.24, 2.45) is 11.8 Å². The van der Waals surface area contributed by atoms with Gasteiger partial charge in [0.25, 0.3) is 0 Å². The van der Waals surface area contributed by atoms with E-state index >= 15 is 0 Å². The Labute approximate surface area is 164 Å². The smallest absolute Gasteiger partial charge is 0.231 e. The molecule has 2 aromatic carbocycles. The molecule has 0 saturated heterocycles. The molecule has 6 nitrogen and oxygen atoms in total. The van der Waals surface area contributed by atoms with E-state index in [1.807, 2.05) is 37.3 Å². The Balaban J connectivity index is 1.29. The molecule has 2 amide bonds. The maximum absolute atomic E-state index is 12.6. The maximum atomic E-state index is 12.6. The molecule has 146 valence electrons. The third-order valence-electron chi connectivity index (χ3n) is 5.51. The normalized spacial score (nSPS) is 20.5. The molecule has 1 fully saturated rings. The molecule has 2 aromatic rings. The molecule has 0 radical (unpaired) electrons. The van der Waals surface area contributed by atoms with Gasteiger partial charge in [0.1, 0.15) is 0 Å². The minimum absolute atomic E-state index is 0.00312. The van der Waals surface area contributed by atoms with Crippen molar-refractivity contribution < 1.29 is 19.1 Å². The SMILES string of the molecule is Cc1ccccc1NC(=O)C1CCC(C(=O)Nc2ccc3c(c2)OCO3)CC1. The summed E-state index contributed by atoms with van der Waals surface area (Å²) >= 11 is 0. The number of nitrogens with one attached hydrogen (secondary N) is 2. The molecular weight excluding hydrogens is 356 g/mol. The molecule has 4 rings (SSSR count). The maximum Gasteiger partial charge on any atom is 0.231 e. The van der Waals surface area contributed by atoms with E-state index < -0.39 is 0 Å². The van der Waals surface area contributed by atoms with Gasteiger partial charge < -0.3 is 20.1 Å². The quantitative estimate of drug-likeness (QED) is 0.837. The number of amides is 2. The van der Waals surface area contributed by atoms with Gasteiger partial charge in [-0.25, -0.2) is 0 Å². The van der Waals surface area contributed by atoms with Crippen molar-refractivity contribution in [3.8, 4) is 11.5 Å². The number of benzene rings is 2. The highest BCUT2D eigenvalue weighted by molar-refractivity contribution is 5.95. The largest absolute Gasteiger partial charge is 0.454 e.